The summed E-state index contributed by atoms with van der Waals surface area (Å²) in [4.78, 5) is 5.02. The van der Waals surface area contributed by atoms with Crippen LogP contribution in [0, 0.1) is 13.8 Å². The van der Waals surface area contributed by atoms with E-state index >= 15 is 0 Å². The summed E-state index contributed by atoms with van der Waals surface area (Å²) in [5.41, 5.74) is 2.37. The summed E-state index contributed by atoms with van der Waals surface area (Å²) in [6.07, 6.45) is 1.91. The Balaban J connectivity index is 0.000000336. The summed E-state index contributed by atoms with van der Waals surface area (Å²) in [7, 11) is -4.34. The van der Waals surface area contributed by atoms with Gasteiger partial charge in [0.25, 0.3) is 0 Å². The Bertz CT molecular complexity index is 310. The highest BCUT2D eigenvalue weighted by Gasteiger charge is 2.20. The zero-order valence-electron chi connectivity index (χ0n) is 8.68. The van der Waals surface area contributed by atoms with Gasteiger partial charge in [0.15, 0.2) is 0 Å². The number of hydrogen-bond donors (Lipinski definition) is 0. The van der Waals surface area contributed by atoms with E-state index in [2.05, 4.69) is 13.0 Å². The molecule has 0 fully saturated rings. The van der Waals surface area contributed by atoms with Crippen LogP contribution in [-0.4, -0.2) is 14.4 Å². The quantitative estimate of drug-likeness (QED) is 0.404. The van der Waals surface area contributed by atoms with Crippen molar-refractivity contribution >= 4 is 7.25 Å². The molecule has 0 aliphatic carbocycles. The Kier molecular flexibility index (Phi) is 5.11. The Labute approximate surface area is 85.5 Å². The van der Waals surface area contributed by atoms with Crippen LogP contribution in [0.4, 0.5) is 17.3 Å². The molecule has 0 aliphatic heterocycles. The molecule has 0 aromatic carbocycles. The van der Waals surface area contributed by atoms with Gasteiger partial charge in [0.2, 0.25) is 11.9 Å². The lowest BCUT2D eigenvalue weighted by Gasteiger charge is -1.94. The SMILES string of the molecule is CO[n+]1ccc(C)cc1C.F[B-](F)(F)F. The zero-order chi connectivity index (χ0) is 12.1. The molecule has 7 heteroatoms. The average molecular weight is 225 g/mol. The van der Waals surface area contributed by atoms with Crippen LogP contribution in [0.5, 0.6) is 0 Å². The van der Waals surface area contributed by atoms with Crippen LogP contribution in [0.2, 0.25) is 0 Å². The maximum absolute atomic E-state index is 9.75. The molecule has 0 amide bonds. The zero-order valence-corrected chi connectivity index (χ0v) is 8.68. The van der Waals surface area contributed by atoms with Gasteiger partial charge < -0.3 is 17.3 Å². The second kappa shape index (κ2) is 5.58. The highest BCUT2D eigenvalue weighted by Crippen LogP contribution is 2.06. The van der Waals surface area contributed by atoms with Crippen LogP contribution in [0.15, 0.2) is 18.3 Å². The van der Waals surface area contributed by atoms with Gasteiger partial charge in [0.1, 0.15) is 7.11 Å². The average Bonchev–Trinajstić information content (AvgIpc) is 2.01. The molecule has 0 unspecified atom stereocenters. The molecule has 0 atom stereocenters. The van der Waals surface area contributed by atoms with Gasteiger partial charge in [0, 0.05) is 23.8 Å². The minimum absolute atomic E-state index is 1.11. The van der Waals surface area contributed by atoms with Crippen molar-refractivity contribution in [1.29, 1.82) is 0 Å². The standard InChI is InChI=1S/C8H12NO.BF4/c1-7-4-5-9(10-3)8(2)6-7;2-1(3,4)5/h4-6H,1-3H3;/q+1;-1. The van der Waals surface area contributed by atoms with Crippen LogP contribution in [0.25, 0.3) is 0 Å². The number of rotatable bonds is 1. The fraction of sp³-hybridized carbons (Fsp3) is 0.375. The number of aromatic nitrogens is 1. The second-order valence-corrected chi connectivity index (χ2v) is 2.85. The van der Waals surface area contributed by atoms with E-state index in [4.69, 9.17) is 4.84 Å². The van der Waals surface area contributed by atoms with Crippen LogP contribution >= 0.6 is 0 Å². The van der Waals surface area contributed by atoms with Crippen LogP contribution in [0.3, 0.4) is 0 Å². The minimum atomic E-state index is -6.00. The Morgan fingerprint density at radius 3 is 2.00 bits per heavy atom. The molecule has 2 nitrogen and oxygen atoms in total. The van der Waals surface area contributed by atoms with E-state index in [1.54, 1.807) is 11.8 Å². The molecule has 0 saturated carbocycles. The van der Waals surface area contributed by atoms with E-state index in [0.29, 0.717) is 0 Å². The topological polar surface area (TPSA) is 13.1 Å². The van der Waals surface area contributed by atoms with Crippen LogP contribution < -0.4 is 9.57 Å². The molecular formula is C8H12BF4NO. The van der Waals surface area contributed by atoms with E-state index in [-0.39, 0.29) is 0 Å². The third kappa shape index (κ3) is 7.78. The Morgan fingerprint density at radius 1 is 1.20 bits per heavy atom. The second-order valence-electron chi connectivity index (χ2n) is 2.85. The number of aryl methyl sites for hydroxylation is 2. The smallest absolute Gasteiger partial charge is 0.418 e. The molecule has 0 bridgehead atoms. The molecule has 86 valence electrons. The first-order valence-electron chi connectivity index (χ1n) is 4.14. The van der Waals surface area contributed by atoms with Gasteiger partial charge in [-0.2, -0.15) is 0 Å². The first kappa shape index (κ1) is 13.7. The van der Waals surface area contributed by atoms with Gasteiger partial charge in [-0.3, -0.25) is 4.84 Å². The summed E-state index contributed by atoms with van der Waals surface area (Å²) in [6, 6.07) is 4.08. The van der Waals surface area contributed by atoms with E-state index in [1.165, 1.54) is 5.56 Å². The summed E-state index contributed by atoms with van der Waals surface area (Å²) in [5.74, 6) is 0. The molecule has 1 heterocycles. The molecule has 0 spiro atoms. The molecular weight excluding hydrogens is 213 g/mol. The van der Waals surface area contributed by atoms with Crippen molar-refractivity contribution in [2.24, 2.45) is 0 Å². The summed E-state index contributed by atoms with van der Waals surface area (Å²) < 4.78 is 40.7. The Hall–Kier alpha value is -1.27. The van der Waals surface area contributed by atoms with Gasteiger partial charge in [0.05, 0.1) is 0 Å². The van der Waals surface area contributed by atoms with Crippen molar-refractivity contribution < 1.29 is 26.8 Å². The fourth-order valence-electron chi connectivity index (χ4n) is 0.949. The van der Waals surface area contributed by atoms with E-state index in [0.717, 1.165) is 5.69 Å². The van der Waals surface area contributed by atoms with Gasteiger partial charge in [-0.15, -0.1) is 0 Å². The molecule has 1 aromatic rings. The predicted molar refractivity (Wildman–Crippen MR) is 48.8 cm³/mol. The van der Waals surface area contributed by atoms with Crippen molar-refractivity contribution in [1.82, 2.24) is 0 Å². The third-order valence-corrected chi connectivity index (χ3v) is 1.45. The number of pyridine rings is 1. The molecule has 0 radical (unpaired) electrons. The number of nitrogens with zero attached hydrogens (tertiary/aromatic N) is 1. The summed E-state index contributed by atoms with van der Waals surface area (Å²) in [5, 5.41) is 0. The summed E-state index contributed by atoms with van der Waals surface area (Å²) >= 11 is 0. The first-order valence-corrected chi connectivity index (χ1v) is 4.14. The maximum Gasteiger partial charge on any atom is 0.673 e. The van der Waals surface area contributed by atoms with Gasteiger partial charge >= 0.3 is 7.25 Å². The lowest BCUT2D eigenvalue weighted by molar-refractivity contribution is -0.889. The lowest BCUT2D eigenvalue weighted by Crippen LogP contribution is -2.42. The number of hydrogen-bond acceptors (Lipinski definition) is 1. The van der Waals surface area contributed by atoms with Crippen molar-refractivity contribution in [3.63, 3.8) is 0 Å². The van der Waals surface area contributed by atoms with Gasteiger partial charge in [-0.05, 0) is 12.5 Å². The molecule has 1 aromatic heterocycles. The van der Waals surface area contributed by atoms with Gasteiger partial charge in [-0.1, -0.05) is 0 Å². The molecule has 0 N–H and O–H groups in total. The Morgan fingerprint density at radius 2 is 1.67 bits per heavy atom. The first-order chi connectivity index (χ1) is 6.74. The number of halogens is 4. The molecule has 15 heavy (non-hydrogen) atoms. The van der Waals surface area contributed by atoms with Crippen molar-refractivity contribution in [3.8, 4) is 0 Å². The van der Waals surface area contributed by atoms with Crippen molar-refractivity contribution in [2.75, 3.05) is 7.11 Å². The monoisotopic (exact) mass is 225 g/mol. The lowest BCUT2D eigenvalue weighted by atomic mass is 10.2. The molecule has 1 rings (SSSR count). The van der Waals surface area contributed by atoms with Crippen LogP contribution in [0.1, 0.15) is 11.3 Å². The van der Waals surface area contributed by atoms with Crippen LogP contribution in [-0.2, 0) is 0 Å². The maximum atomic E-state index is 9.75. The predicted octanol–water partition coefficient (Wildman–Crippen LogP) is 1.95. The van der Waals surface area contributed by atoms with Gasteiger partial charge in [-0.25, -0.2) is 0 Å². The third-order valence-electron chi connectivity index (χ3n) is 1.45. The fourth-order valence-corrected chi connectivity index (χ4v) is 0.949. The highest BCUT2D eigenvalue weighted by molar-refractivity contribution is 6.50. The summed E-state index contributed by atoms with van der Waals surface area (Å²) in [6.45, 7) is 4.07. The van der Waals surface area contributed by atoms with Crippen molar-refractivity contribution in [3.05, 3.63) is 29.6 Å². The van der Waals surface area contributed by atoms with E-state index in [1.807, 2.05) is 19.2 Å². The van der Waals surface area contributed by atoms with Crippen molar-refractivity contribution in [2.45, 2.75) is 13.8 Å². The minimum Gasteiger partial charge on any atom is -0.418 e. The molecule has 0 aliphatic rings. The normalized spacial score (nSPS) is 10.3. The molecule has 0 saturated heterocycles. The van der Waals surface area contributed by atoms with E-state index < -0.39 is 7.25 Å². The van der Waals surface area contributed by atoms with E-state index in [9.17, 15) is 17.3 Å². The highest BCUT2D eigenvalue weighted by atomic mass is 19.5. The largest absolute Gasteiger partial charge is 0.673 e.